The molecule has 0 saturated heterocycles. The molecule has 0 aromatic heterocycles. The predicted octanol–water partition coefficient (Wildman–Crippen LogP) is 4.65. The van der Waals surface area contributed by atoms with Crippen LogP contribution in [0, 0.1) is 13.8 Å². The third-order valence-corrected chi connectivity index (χ3v) is 3.87. The first kappa shape index (κ1) is 14.7. The van der Waals surface area contributed by atoms with Gasteiger partial charge >= 0.3 is 0 Å². The quantitative estimate of drug-likeness (QED) is 0.763. The topological polar surface area (TPSA) is 18.5 Å². The van der Waals surface area contributed by atoms with Crippen LogP contribution in [0.1, 0.15) is 27.6 Å². The Hall–Kier alpha value is -1.67. The molecule has 0 saturated carbocycles. The smallest absolute Gasteiger partial charge is 0.161 e. The van der Waals surface area contributed by atoms with E-state index >= 15 is 0 Å². The third-order valence-electron chi connectivity index (χ3n) is 3.38. The number of methoxy groups -OCH3 is 2. The third kappa shape index (κ3) is 2.91. The molecule has 0 aliphatic rings. The zero-order valence-electron chi connectivity index (χ0n) is 12.2. The van der Waals surface area contributed by atoms with Crippen LogP contribution in [0.3, 0.4) is 0 Å². The highest BCUT2D eigenvalue weighted by atomic mass is 35.5. The minimum absolute atomic E-state index is 0.199. The molecular formula is C17H19ClO2. The normalized spacial score (nSPS) is 12.1. The van der Waals surface area contributed by atoms with Gasteiger partial charge in [-0.25, -0.2) is 0 Å². The summed E-state index contributed by atoms with van der Waals surface area (Å²) >= 11 is 6.64. The number of alkyl halides is 1. The van der Waals surface area contributed by atoms with Crippen LogP contribution in [0.5, 0.6) is 11.5 Å². The lowest BCUT2D eigenvalue weighted by Gasteiger charge is -2.17. The van der Waals surface area contributed by atoms with Crippen LogP contribution in [0.25, 0.3) is 0 Å². The van der Waals surface area contributed by atoms with Crippen molar-refractivity contribution in [2.24, 2.45) is 0 Å². The van der Waals surface area contributed by atoms with E-state index in [0.717, 1.165) is 22.4 Å². The fraction of sp³-hybridized carbons (Fsp3) is 0.294. The van der Waals surface area contributed by atoms with Crippen LogP contribution in [0.2, 0.25) is 0 Å². The van der Waals surface area contributed by atoms with Gasteiger partial charge in [0.1, 0.15) is 0 Å². The van der Waals surface area contributed by atoms with Crippen molar-refractivity contribution >= 4 is 11.6 Å². The van der Waals surface area contributed by atoms with Gasteiger partial charge in [-0.3, -0.25) is 0 Å². The van der Waals surface area contributed by atoms with Crippen LogP contribution >= 0.6 is 11.6 Å². The van der Waals surface area contributed by atoms with Crippen molar-refractivity contribution in [1.82, 2.24) is 0 Å². The van der Waals surface area contributed by atoms with E-state index in [-0.39, 0.29) is 5.38 Å². The van der Waals surface area contributed by atoms with Crippen molar-refractivity contribution in [2.45, 2.75) is 19.2 Å². The van der Waals surface area contributed by atoms with E-state index in [9.17, 15) is 0 Å². The summed E-state index contributed by atoms with van der Waals surface area (Å²) in [5.74, 6) is 1.42. The second-order valence-corrected chi connectivity index (χ2v) is 5.28. The molecule has 3 heteroatoms. The maximum absolute atomic E-state index is 6.64. The lowest BCUT2D eigenvalue weighted by atomic mass is 9.98. The van der Waals surface area contributed by atoms with Crippen molar-refractivity contribution in [3.8, 4) is 11.5 Å². The van der Waals surface area contributed by atoms with Crippen LogP contribution < -0.4 is 9.47 Å². The molecule has 0 bridgehead atoms. The van der Waals surface area contributed by atoms with Crippen molar-refractivity contribution in [1.29, 1.82) is 0 Å². The van der Waals surface area contributed by atoms with E-state index in [1.807, 2.05) is 31.2 Å². The Labute approximate surface area is 125 Å². The van der Waals surface area contributed by atoms with Gasteiger partial charge in [0, 0.05) is 0 Å². The number of ether oxygens (including phenoxy) is 2. The first-order chi connectivity index (χ1) is 9.56. The first-order valence-corrected chi connectivity index (χ1v) is 6.93. The minimum atomic E-state index is -0.199. The number of hydrogen-bond acceptors (Lipinski definition) is 2. The molecular weight excluding hydrogens is 272 g/mol. The summed E-state index contributed by atoms with van der Waals surface area (Å²) in [6.45, 7) is 4.09. The zero-order chi connectivity index (χ0) is 14.7. The number of halogens is 1. The summed E-state index contributed by atoms with van der Waals surface area (Å²) in [4.78, 5) is 0. The van der Waals surface area contributed by atoms with E-state index in [1.54, 1.807) is 14.2 Å². The molecule has 0 spiro atoms. The molecule has 0 aliphatic carbocycles. The molecule has 1 atom stereocenters. The molecule has 2 aromatic carbocycles. The van der Waals surface area contributed by atoms with E-state index < -0.39 is 0 Å². The van der Waals surface area contributed by atoms with Gasteiger partial charge < -0.3 is 9.47 Å². The Bertz CT molecular complexity index is 608. The van der Waals surface area contributed by atoms with Gasteiger partial charge in [-0.1, -0.05) is 29.8 Å². The minimum Gasteiger partial charge on any atom is -0.493 e. The average molecular weight is 291 g/mol. The molecule has 2 rings (SSSR count). The number of aryl methyl sites for hydroxylation is 2. The maximum Gasteiger partial charge on any atom is 0.161 e. The number of benzene rings is 2. The van der Waals surface area contributed by atoms with Gasteiger partial charge in [-0.2, -0.15) is 0 Å². The van der Waals surface area contributed by atoms with Crippen LogP contribution in [0.15, 0.2) is 36.4 Å². The largest absolute Gasteiger partial charge is 0.493 e. The van der Waals surface area contributed by atoms with E-state index in [4.69, 9.17) is 21.1 Å². The molecule has 20 heavy (non-hydrogen) atoms. The molecule has 2 nitrogen and oxygen atoms in total. The molecule has 0 amide bonds. The molecule has 0 heterocycles. The van der Waals surface area contributed by atoms with Gasteiger partial charge in [-0.05, 0) is 42.7 Å². The molecule has 1 unspecified atom stereocenters. The molecule has 2 aromatic rings. The monoisotopic (exact) mass is 290 g/mol. The summed E-state index contributed by atoms with van der Waals surface area (Å²) in [6.07, 6.45) is 0. The van der Waals surface area contributed by atoms with E-state index in [1.165, 1.54) is 5.56 Å². The highest BCUT2D eigenvalue weighted by Gasteiger charge is 2.17. The van der Waals surface area contributed by atoms with Gasteiger partial charge in [0.2, 0.25) is 0 Å². The van der Waals surface area contributed by atoms with Crippen molar-refractivity contribution in [3.05, 3.63) is 58.7 Å². The second kappa shape index (κ2) is 6.19. The van der Waals surface area contributed by atoms with Crippen molar-refractivity contribution < 1.29 is 9.47 Å². The fourth-order valence-corrected chi connectivity index (χ4v) is 2.65. The molecule has 0 aliphatic heterocycles. The summed E-state index contributed by atoms with van der Waals surface area (Å²) < 4.78 is 10.7. The maximum atomic E-state index is 6.64. The van der Waals surface area contributed by atoms with Crippen LogP contribution in [-0.4, -0.2) is 14.2 Å². The Kier molecular flexibility index (Phi) is 4.56. The van der Waals surface area contributed by atoms with Gasteiger partial charge in [0.25, 0.3) is 0 Å². The predicted molar refractivity (Wildman–Crippen MR) is 83.2 cm³/mol. The summed E-state index contributed by atoms with van der Waals surface area (Å²) in [7, 11) is 3.27. The zero-order valence-corrected chi connectivity index (χ0v) is 13.0. The lowest BCUT2D eigenvalue weighted by Crippen LogP contribution is -2.00. The highest BCUT2D eigenvalue weighted by Crippen LogP contribution is 2.38. The molecule has 0 N–H and O–H groups in total. The van der Waals surface area contributed by atoms with Crippen LogP contribution in [0.4, 0.5) is 0 Å². The Morgan fingerprint density at radius 2 is 1.60 bits per heavy atom. The van der Waals surface area contributed by atoms with Gasteiger partial charge in [-0.15, -0.1) is 11.6 Å². The SMILES string of the molecule is COc1cc(C)c(C(Cl)c2cccc(C)c2)cc1OC. The van der Waals surface area contributed by atoms with Crippen LogP contribution in [-0.2, 0) is 0 Å². The molecule has 0 fully saturated rings. The standard InChI is InChI=1S/C17H19ClO2/c1-11-6-5-7-13(8-11)17(18)14-10-16(20-4)15(19-3)9-12(14)2/h5-10,17H,1-4H3. The number of rotatable bonds is 4. The van der Waals surface area contributed by atoms with E-state index in [2.05, 4.69) is 19.1 Å². The Balaban J connectivity index is 2.46. The average Bonchev–Trinajstić information content (AvgIpc) is 2.46. The van der Waals surface area contributed by atoms with Crippen molar-refractivity contribution in [3.63, 3.8) is 0 Å². The Morgan fingerprint density at radius 1 is 0.950 bits per heavy atom. The Morgan fingerprint density at radius 3 is 2.20 bits per heavy atom. The first-order valence-electron chi connectivity index (χ1n) is 6.50. The van der Waals surface area contributed by atoms with Gasteiger partial charge in [0.15, 0.2) is 11.5 Å². The lowest BCUT2D eigenvalue weighted by molar-refractivity contribution is 0.354. The summed E-state index contributed by atoms with van der Waals surface area (Å²) in [5, 5.41) is -0.199. The second-order valence-electron chi connectivity index (χ2n) is 4.84. The number of hydrogen-bond donors (Lipinski definition) is 0. The summed E-state index contributed by atoms with van der Waals surface area (Å²) in [5.41, 5.74) is 4.41. The van der Waals surface area contributed by atoms with E-state index in [0.29, 0.717) is 5.75 Å². The fourth-order valence-electron chi connectivity index (χ4n) is 2.28. The van der Waals surface area contributed by atoms with Gasteiger partial charge in [0.05, 0.1) is 19.6 Å². The van der Waals surface area contributed by atoms with Crippen molar-refractivity contribution in [2.75, 3.05) is 14.2 Å². The molecule has 106 valence electrons. The summed E-state index contributed by atoms with van der Waals surface area (Å²) in [6, 6.07) is 12.1. The highest BCUT2D eigenvalue weighted by molar-refractivity contribution is 6.22. The molecule has 0 radical (unpaired) electrons.